The first-order valence-electron chi connectivity index (χ1n) is 4.36. The van der Waals surface area contributed by atoms with Crippen molar-refractivity contribution in [1.29, 1.82) is 0 Å². The highest BCUT2D eigenvalue weighted by atomic mass is 32.2. The lowest BCUT2D eigenvalue weighted by atomic mass is 10.1. The van der Waals surface area contributed by atoms with E-state index in [0.717, 1.165) is 23.9 Å². The van der Waals surface area contributed by atoms with Gasteiger partial charge in [0.05, 0.1) is 5.56 Å². The second-order valence-electron chi connectivity index (χ2n) is 2.93. The van der Waals surface area contributed by atoms with Gasteiger partial charge in [0.1, 0.15) is 11.6 Å². The number of hydrogen-bond acceptors (Lipinski definition) is 3. The van der Waals surface area contributed by atoms with Crippen LogP contribution in [0.5, 0.6) is 0 Å². The zero-order valence-corrected chi connectivity index (χ0v) is 9.04. The maximum Gasteiger partial charge on any atom is 0.167 e. The maximum absolute atomic E-state index is 13.3. The normalized spacial score (nSPS) is 10.4. The molecule has 0 aliphatic rings. The molecule has 1 aromatic rings. The van der Waals surface area contributed by atoms with Crippen molar-refractivity contribution >= 4 is 17.5 Å². The fourth-order valence-electron chi connectivity index (χ4n) is 1.16. The standard InChI is InChI=1S/C10H11F2NOS/c1-15-10-5-7(11)6(4-8(10)12)9(14)2-3-13/h4-5H,2-3,13H2,1H3. The molecule has 0 unspecified atom stereocenters. The van der Waals surface area contributed by atoms with E-state index < -0.39 is 17.4 Å². The topological polar surface area (TPSA) is 43.1 Å². The Bertz CT molecular complexity index is 382. The number of halogens is 2. The van der Waals surface area contributed by atoms with Gasteiger partial charge in [0, 0.05) is 11.3 Å². The molecule has 2 N–H and O–H groups in total. The number of ketones is 1. The molecule has 1 aromatic carbocycles. The number of carbonyl (C=O) groups is 1. The highest BCUT2D eigenvalue weighted by molar-refractivity contribution is 7.98. The number of nitrogens with two attached hydrogens (primary N) is 1. The van der Waals surface area contributed by atoms with E-state index in [1.54, 1.807) is 6.26 Å². The molecule has 0 saturated heterocycles. The van der Waals surface area contributed by atoms with Gasteiger partial charge in [0.25, 0.3) is 0 Å². The van der Waals surface area contributed by atoms with Crippen LogP contribution in [0, 0.1) is 11.6 Å². The highest BCUT2D eigenvalue weighted by Crippen LogP contribution is 2.23. The molecule has 0 aromatic heterocycles. The van der Waals surface area contributed by atoms with Crippen LogP contribution in [0.25, 0.3) is 0 Å². The smallest absolute Gasteiger partial charge is 0.167 e. The Balaban J connectivity index is 3.10. The molecule has 0 aliphatic carbocycles. The molecular formula is C10H11F2NOS. The van der Waals surface area contributed by atoms with Gasteiger partial charge < -0.3 is 5.73 Å². The monoisotopic (exact) mass is 231 g/mol. The first-order chi connectivity index (χ1) is 7.10. The van der Waals surface area contributed by atoms with E-state index in [0.29, 0.717) is 0 Å². The Morgan fingerprint density at radius 1 is 1.40 bits per heavy atom. The lowest BCUT2D eigenvalue weighted by Crippen LogP contribution is -2.10. The van der Waals surface area contributed by atoms with Crippen LogP contribution in [0.3, 0.4) is 0 Å². The lowest BCUT2D eigenvalue weighted by molar-refractivity contribution is 0.0981. The molecule has 82 valence electrons. The summed E-state index contributed by atoms with van der Waals surface area (Å²) in [6.45, 7) is 0.129. The number of rotatable bonds is 4. The molecule has 0 amide bonds. The van der Waals surface area contributed by atoms with E-state index in [2.05, 4.69) is 0 Å². The zero-order valence-electron chi connectivity index (χ0n) is 8.22. The lowest BCUT2D eigenvalue weighted by Gasteiger charge is -2.04. The minimum absolute atomic E-state index is 0.0228. The zero-order chi connectivity index (χ0) is 11.4. The molecule has 15 heavy (non-hydrogen) atoms. The van der Waals surface area contributed by atoms with Crippen LogP contribution >= 0.6 is 11.8 Å². The van der Waals surface area contributed by atoms with E-state index in [1.165, 1.54) is 0 Å². The number of benzene rings is 1. The molecular weight excluding hydrogens is 220 g/mol. The molecule has 0 atom stereocenters. The fourth-order valence-corrected chi connectivity index (χ4v) is 1.64. The third-order valence-corrected chi connectivity index (χ3v) is 2.67. The summed E-state index contributed by atoms with van der Waals surface area (Å²) in [5, 5.41) is 0. The van der Waals surface area contributed by atoms with Gasteiger partial charge in [-0.15, -0.1) is 11.8 Å². The van der Waals surface area contributed by atoms with Gasteiger partial charge in [-0.05, 0) is 24.9 Å². The van der Waals surface area contributed by atoms with E-state index in [-0.39, 0.29) is 23.4 Å². The first-order valence-corrected chi connectivity index (χ1v) is 5.59. The van der Waals surface area contributed by atoms with Crippen molar-refractivity contribution in [2.75, 3.05) is 12.8 Å². The van der Waals surface area contributed by atoms with Gasteiger partial charge in [0.15, 0.2) is 5.78 Å². The molecule has 0 saturated carbocycles. The summed E-state index contributed by atoms with van der Waals surface area (Å²) >= 11 is 1.09. The van der Waals surface area contributed by atoms with Gasteiger partial charge >= 0.3 is 0 Å². The van der Waals surface area contributed by atoms with Gasteiger partial charge in [-0.25, -0.2) is 8.78 Å². The molecule has 5 heteroatoms. The van der Waals surface area contributed by atoms with Crippen molar-refractivity contribution in [2.45, 2.75) is 11.3 Å². The Morgan fingerprint density at radius 2 is 2.07 bits per heavy atom. The van der Waals surface area contributed by atoms with Gasteiger partial charge in [-0.3, -0.25) is 4.79 Å². The predicted octanol–water partition coefficient (Wildman–Crippen LogP) is 2.22. The number of thioether (sulfide) groups is 1. The Kier molecular flexibility index (Phi) is 4.23. The van der Waals surface area contributed by atoms with Crippen LogP contribution in [0.1, 0.15) is 16.8 Å². The van der Waals surface area contributed by atoms with Crippen LogP contribution in [-0.2, 0) is 0 Å². The van der Waals surface area contributed by atoms with Gasteiger partial charge in [-0.2, -0.15) is 0 Å². The average Bonchev–Trinajstić information content (AvgIpc) is 2.21. The largest absolute Gasteiger partial charge is 0.330 e. The van der Waals surface area contributed by atoms with Crippen molar-refractivity contribution in [3.8, 4) is 0 Å². The Morgan fingerprint density at radius 3 is 2.60 bits per heavy atom. The van der Waals surface area contributed by atoms with Crippen LogP contribution in [0.15, 0.2) is 17.0 Å². The summed E-state index contributed by atoms with van der Waals surface area (Å²) in [6, 6.07) is 1.96. The average molecular weight is 231 g/mol. The fraction of sp³-hybridized carbons (Fsp3) is 0.300. The third-order valence-electron chi connectivity index (χ3n) is 1.91. The van der Waals surface area contributed by atoms with Gasteiger partial charge in [0.2, 0.25) is 0 Å². The van der Waals surface area contributed by atoms with Gasteiger partial charge in [-0.1, -0.05) is 0 Å². The summed E-state index contributed by atoms with van der Waals surface area (Å²) < 4.78 is 26.6. The first kappa shape index (κ1) is 12.1. The maximum atomic E-state index is 13.3. The summed E-state index contributed by atoms with van der Waals surface area (Å²) in [7, 11) is 0. The Labute approximate surface area is 90.8 Å². The van der Waals surface area contributed by atoms with E-state index in [4.69, 9.17) is 5.73 Å². The van der Waals surface area contributed by atoms with Crippen molar-refractivity contribution in [2.24, 2.45) is 5.73 Å². The van der Waals surface area contributed by atoms with Crippen molar-refractivity contribution in [3.05, 3.63) is 29.3 Å². The van der Waals surface area contributed by atoms with Crippen LogP contribution in [-0.4, -0.2) is 18.6 Å². The van der Waals surface area contributed by atoms with Crippen LogP contribution in [0.4, 0.5) is 8.78 Å². The summed E-state index contributed by atoms with van der Waals surface area (Å²) in [5.74, 6) is -1.75. The van der Waals surface area contributed by atoms with E-state index in [9.17, 15) is 13.6 Å². The minimum atomic E-state index is -0.695. The minimum Gasteiger partial charge on any atom is -0.330 e. The molecule has 0 heterocycles. The third kappa shape index (κ3) is 2.76. The molecule has 2 nitrogen and oxygen atoms in total. The Hall–Kier alpha value is -0.940. The van der Waals surface area contributed by atoms with Crippen molar-refractivity contribution in [3.63, 3.8) is 0 Å². The number of hydrogen-bond donors (Lipinski definition) is 1. The second-order valence-corrected chi connectivity index (χ2v) is 3.78. The summed E-state index contributed by atoms with van der Waals surface area (Å²) in [5.41, 5.74) is 4.94. The molecule has 0 spiro atoms. The molecule has 0 bridgehead atoms. The summed E-state index contributed by atoms with van der Waals surface area (Å²) in [6.07, 6.45) is 1.66. The highest BCUT2D eigenvalue weighted by Gasteiger charge is 2.14. The molecule has 1 rings (SSSR count). The van der Waals surface area contributed by atoms with Crippen molar-refractivity contribution in [1.82, 2.24) is 0 Å². The predicted molar refractivity (Wildman–Crippen MR) is 56.1 cm³/mol. The molecule has 0 fully saturated rings. The SMILES string of the molecule is CSc1cc(F)c(C(=O)CCN)cc1F. The number of carbonyl (C=O) groups excluding carboxylic acids is 1. The van der Waals surface area contributed by atoms with Crippen LogP contribution in [0.2, 0.25) is 0 Å². The number of Topliss-reactive ketones (excluding diaryl/α,β-unsaturated/α-hetero) is 1. The van der Waals surface area contributed by atoms with E-state index in [1.807, 2.05) is 0 Å². The van der Waals surface area contributed by atoms with E-state index >= 15 is 0 Å². The summed E-state index contributed by atoms with van der Waals surface area (Å²) in [4.78, 5) is 11.5. The van der Waals surface area contributed by atoms with Crippen LogP contribution < -0.4 is 5.73 Å². The quantitative estimate of drug-likeness (QED) is 0.638. The molecule has 0 aliphatic heterocycles. The second kappa shape index (κ2) is 5.23. The molecule has 0 radical (unpaired) electrons. The van der Waals surface area contributed by atoms with Crippen molar-refractivity contribution < 1.29 is 13.6 Å².